The second-order valence-electron chi connectivity index (χ2n) is 4.51. The van der Waals surface area contributed by atoms with Crippen molar-refractivity contribution in [1.29, 1.82) is 0 Å². The summed E-state index contributed by atoms with van der Waals surface area (Å²) >= 11 is 1.59. The maximum atomic E-state index is 11.9. The first kappa shape index (κ1) is 13.1. The van der Waals surface area contributed by atoms with Crippen molar-refractivity contribution >= 4 is 17.2 Å². The van der Waals surface area contributed by atoms with Crippen LogP contribution >= 0.6 is 11.3 Å². The number of rotatable bonds is 4. The maximum absolute atomic E-state index is 11.9. The van der Waals surface area contributed by atoms with Crippen LogP contribution in [0, 0.1) is 0 Å². The second-order valence-corrected chi connectivity index (χ2v) is 5.29. The van der Waals surface area contributed by atoms with E-state index in [0.29, 0.717) is 25.5 Å². The summed E-state index contributed by atoms with van der Waals surface area (Å²) in [5.41, 5.74) is 0.816. The number of aromatic nitrogens is 3. The van der Waals surface area contributed by atoms with E-state index < -0.39 is 6.10 Å². The average Bonchev–Trinajstić information content (AvgIpc) is 3.08. The van der Waals surface area contributed by atoms with Crippen LogP contribution in [0.2, 0.25) is 0 Å². The number of fused-ring (bicyclic) bond motifs is 1. The van der Waals surface area contributed by atoms with E-state index in [1.165, 1.54) is 4.57 Å². The Morgan fingerprint density at radius 1 is 1.65 bits per heavy atom. The topological polar surface area (TPSA) is 89.0 Å². The molecular weight excluding hydrogens is 280 g/mol. The van der Waals surface area contributed by atoms with Crippen LogP contribution in [-0.2, 0) is 22.6 Å². The number of hydrogen-bond acceptors (Lipinski definition) is 5. The van der Waals surface area contributed by atoms with Crippen LogP contribution in [0.15, 0.2) is 21.6 Å². The molecule has 7 nitrogen and oxygen atoms in total. The van der Waals surface area contributed by atoms with Gasteiger partial charge < -0.3 is 10.1 Å². The van der Waals surface area contributed by atoms with Gasteiger partial charge in [0.25, 0.3) is 0 Å². The first-order valence-corrected chi connectivity index (χ1v) is 7.23. The van der Waals surface area contributed by atoms with Crippen molar-refractivity contribution in [3.8, 4) is 0 Å². The molecule has 1 atom stereocenters. The minimum Gasteiger partial charge on any atom is -0.368 e. The number of ether oxygens (including phenoxy) is 1. The fourth-order valence-corrected chi connectivity index (χ4v) is 2.81. The molecule has 2 aromatic heterocycles. The summed E-state index contributed by atoms with van der Waals surface area (Å²) < 4.78 is 7.04. The third-order valence-electron chi connectivity index (χ3n) is 3.15. The van der Waals surface area contributed by atoms with Gasteiger partial charge in [-0.05, 0) is 22.4 Å². The molecule has 1 amide bonds. The van der Waals surface area contributed by atoms with E-state index in [4.69, 9.17) is 4.74 Å². The fraction of sp³-hybridized carbons (Fsp3) is 0.417. The highest BCUT2D eigenvalue weighted by Gasteiger charge is 2.26. The van der Waals surface area contributed by atoms with E-state index in [9.17, 15) is 9.59 Å². The molecule has 0 aliphatic carbocycles. The number of thiophene rings is 1. The highest BCUT2D eigenvalue weighted by atomic mass is 32.1. The summed E-state index contributed by atoms with van der Waals surface area (Å²) in [6, 6.07) is 1.97. The molecule has 2 aromatic rings. The predicted molar refractivity (Wildman–Crippen MR) is 72.3 cm³/mol. The molecular formula is C12H14N4O3S. The number of aromatic amines is 1. The van der Waals surface area contributed by atoms with Crippen molar-refractivity contribution in [3.63, 3.8) is 0 Å². The van der Waals surface area contributed by atoms with Gasteiger partial charge >= 0.3 is 5.69 Å². The van der Waals surface area contributed by atoms with E-state index in [2.05, 4.69) is 15.5 Å². The number of hydrogen-bond donors (Lipinski definition) is 2. The van der Waals surface area contributed by atoms with Gasteiger partial charge in [0.15, 0.2) is 5.82 Å². The molecule has 2 N–H and O–H groups in total. The van der Waals surface area contributed by atoms with Crippen LogP contribution in [0.3, 0.4) is 0 Å². The van der Waals surface area contributed by atoms with Crippen LogP contribution in [0.5, 0.6) is 0 Å². The van der Waals surface area contributed by atoms with Crippen LogP contribution in [0.4, 0.5) is 0 Å². The minimum atomic E-state index is -0.467. The zero-order valence-corrected chi connectivity index (χ0v) is 11.5. The van der Waals surface area contributed by atoms with Crippen LogP contribution in [-0.4, -0.2) is 27.3 Å². The monoisotopic (exact) mass is 294 g/mol. The Morgan fingerprint density at radius 2 is 2.55 bits per heavy atom. The predicted octanol–water partition coefficient (Wildman–Crippen LogP) is 0.411. The number of H-pyrrole nitrogens is 1. The molecule has 1 aliphatic heterocycles. The van der Waals surface area contributed by atoms with Gasteiger partial charge in [-0.2, -0.15) is 16.4 Å². The number of nitrogens with zero attached hydrogens (tertiary/aromatic N) is 2. The van der Waals surface area contributed by atoms with Gasteiger partial charge in [0.05, 0.1) is 19.6 Å². The number of amides is 1. The number of carbonyl (C=O) groups is 1. The van der Waals surface area contributed by atoms with Crippen molar-refractivity contribution in [2.45, 2.75) is 25.6 Å². The Morgan fingerprint density at radius 3 is 3.35 bits per heavy atom. The van der Waals surface area contributed by atoms with E-state index in [-0.39, 0.29) is 18.0 Å². The zero-order chi connectivity index (χ0) is 13.9. The zero-order valence-electron chi connectivity index (χ0n) is 10.7. The van der Waals surface area contributed by atoms with Crippen molar-refractivity contribution in [2.75, 3.05) is 6.61 Å². The van der Waals surface area contributed by atoms with Crippen LogP contribution in [0.1, 0.15) is 23.9 Å². The normalized spacial score (nSPS) is 17.7. The molecule has 0 spiro atoms. The summed E-state index contributed by atoms with van der Waals surface area (Å²) in [7, 11) is 0. The molecule has 0 saturated carbocycles. The van der Waals surface area contributed by atoms with E-state index in [1.54, 1.807) is 11.3 Å². The standard InChI is InChI=1S/C12H14N4O3S/c17-10(13-6-8-1-4-20-7-8)5-9-11-14-15-12(18)16(11)2-3-19-9/h1,4,7,9H,2-3,5-6H2,(H,13,17)(H,15,18). The van der Waals surface area contributed by atoms with Crippen LogP contribution in [0.25, 0.3) is 0 Å². The second kappa shape index (κ2) is 5.59. The number of nitrogens with one attached hydrogen (secondary N) is 2. The van der Waals surface area contributed by atoms with Gasteiger partial charge in [0.2, 0.25) is 5.91 Å². The van der Waals surface area contributed by atoms with Crippen molar-refractivity contribution in [3.05, 3.63) is 38.7 Å². The molecule has 106 valence electrons. The third-order valence-corrected chi connectivity index (χ3v) is 3.88. The Hall–Kier alpha value is -1.93. The van der Waals surface area contributed by atoms with E-state index in [0.717, 1.165) is 5.56 Å². The van der Waals surface area contributed by atoms with Crippen LogP contribution < -0.4 is 11.0 Å². The van der Waals surface area contributed by atoms with Gasteiger partial charge in [-0.15, -0.1) is 0 Å². The largest absolute Gasteiger partial charge is 0.368 e. The fourth-order valence-electron chi connectivity index (χ4n) is 2.14. The summed E-state index contributed by atoms with van der Waals surface area (Å²) in [6.07, 6.45) is -0.306. The maximum Gasteiger partial charge on any atom is 0.343 e. The molecule has 0 fully saturated rings. The summed E-state index contributed by atoms with van der Waals surface area (Å²) in [4.78, 5) is 23.4. The quantitative estimate of drug-likeness (QED) is 0.855. The van der Waals surface area contributed by atoms with Crippen molar-refractivity contribution in [2.24, 2.45) is 0 Å². The molecule has 1 unspecified atom stereocenters. The Labute approximate surface area is 118 Å². The molecule has 1 aliphatic rings. The molecule has 0 aromatic carbocycles. The molecule has 3 rings (SSSR count). The van der Waals surface area contributed by atoms with Gasteiger partial charge in [-0.25, -0.2) is 9.89 Å². The smallest absolute Gasteiger partial charge is 0.343 e. The Bertz CT molecular complexity index is 646. The molecule has 3 heterocycles. The van der Waals surface area contributed by atoms with Gasteiger partial charge in [0.1, 0.15) is 6.10 Å². The lowest BCUT2D eigenvalue weighted by atomic mass is 10.2. The van der Waals surface area contributed by atoms with E-state index >= 15 is 0 Å². The highest BCUT2D eigenvalue weighted by Crippen LogP contribution is 2.21. The first-order valence-electron chi connectivity index (χ1n) is 6.28. The van der Waals surface area contributed by atoms with Gasteiger partial charge in [0, 0.05) is 6.54 Å². The summed E-state index contributed by atoms with van der Waals surface area (Å²) in [6.45, 7) is 1.38. The lowest BCUT2D eigenvalue weighted by Gasteiger charge is -2.22. The van der Waals surface area contributed by atoms with Gasteiger partial charge in [-0.1, -0.05) is 0 Å². The number of carbonyl (C=O) groups excluding carboxylic acids is 1. The molecule has 0 radical (unpaired) electrons. The molecule has 0 saturated heterocycles. The van der Waals surface area contributed by atoms with Crippen molar-refractivity contribution < 1.29 is 9.53 Å². The Kier molecular flexibility index (Phi) is 3.66. The average molecular weight is 294 g/mol. The van der Waals surface area contributed by atoms with E-state index in [1.807, 2.05) is 16.8 Å². The highest BCUT2D eigenvalue weighted by molar-refractivity contribution is 7.07. The lowest BCUT2D eigenvalue weighted by molar-refractivity contribution is -0.125. The minimum absolute atomic E-state index is 0.120. The summed E-state index contributed by atoms with van der Waals surface area (Å²) in [5.74, 6) is 0.372. The molecule has 8 heteroatoms. The molecule has 20 heavy (non-hydrogen) atoms. The third kappa shape index (κ3) is 2.66. The Balaban J connectivity index is 1.61. The summed E-state index contributed by atoms with van der Waals surface area (Å²) in [5, 5.41) is 13.1. The van der Waals surface area contributed by atoms with Crippen molar-refractivity contribution in [1.82, 2.24) is 20.1 Å². The first-order chi connectivity index (χ1) is 9.74. The van der Waals surface area contributed by atoms with Gasteiger partial charge in [-0.3, -0.25) is 9.36 Å². The molecule has 0 bridgehead atoms. The lowest BCUT2D eigenvalue weighted by Crippen LogP contribution is -2.32. The SMILES string of the molecule is O=C(CC1OCCn2c1n[nH]c2=O)NCc1ccsc1.